The molecule has 0 saturated heterocycles. The van der Waals surface area contributed by atoms with Crippen molar-refractivity contribution in [3.63, 3.8) is 0 Å². The number of halogens is 2. The Morgan fingerprint density at radius 1 is 1.24 bits per heavy atom. The molecule has 0 bridgehead atoms. The zero-order chi connectivity index (χ0) is 23.5. The molecule has 4 rings (SSSR count). The number of aryl methyl sites for hydroxylation is 1. The third kappa shape index (κ3) is 5.50. The predicted molar refractivity (Wildman–Crippen MR) is 130 cm³/mol. The van der Waals surface area contributed by atoms with Crippen molar-refractivity contribution >= 4 is 29.0 Å². The maximum atomic E-state index is 13.0. The van der Waals surface area contributed by atoms with E-state index in [1.165, 1.54) is 0 Å². The minimum absolute atomic E-state index is 0.00251. The molecule has 2 aromatic carbocycles. The average Bonchev–Trinajstić information content (AvgIpc) is 3.18. The number of hydrogen-bond donors (Lipinski definition) is 0. The Hall–Kier alpha value is -2.57. The van der Waals surface area contributed by atoms with Gasteiger partial charge in [0.1, 0.15) is 23.1 Å². The van der Waals surface area contributed by atoms with E-state index in [0.717, 1.165) is 23.3 Å². The van der Waals surface area contributed by atoms with Crippen LogP contribution in [0.2, 0.25) is 10.0 Å². The number of Topliss-reactive ketones (excluding diaryl/α,β-unsaturated/α-hetero) is 1. The predicted octanol–water partition coefficient (Wildman–Crippen LogP) is 6.13. The normalized spacial score (nSPS) is 15.3. The van der Waals surface area contributed by atoms with Crippen molar-refractivity contribution in [3.8, 4) is 22.9 Å². The van der Waals surface area contributed by atoms with Gasteiger partial charge in [0.05, 0.1) is 24.2 Å². The summed E-state index contributed by atoms with van der Waals surface area (Å²) < 4.78 is 13.3. The molecule has 6 nitrogen and oxygen atoms in total. The number of rotatable bonds is 8. The van der Waals surface area contributed by atoms with Gasteiger partial charge in [-0.05, 0) is 75.1 Å². The number of carbonyl (C=O) groups excluding carboxylic acids is 1. The molecule has 0 radical (unpaired) electrons. The third-order valence-corrected chi connectivity index (χ3v) is 6.11. The second-order valence-corrected chi connectivity index (χ2v) is 9.26. The Bertz CT molecular complexity index is 1160. The fourth-order valence-corrected chi connectivity index (χ4v) is 4.38. The number of ketones is 1. The fourth-order valence-electron chi connectivity index (χ4n) is 4.04. The number of ether oxygens (including phenoxy) is 2. The highest BCUT2D eigenvalue weighted by atomic mass is 35.5. The second-order valence-electron chi connectivity index (χ2n) is 8.41. The highest BCUT2D eigenvalue weighted by Gasteiger charge is 2.25. The molecule has 33 heavy (non-hydrogen) atoms. The molecule has 0 spiro atoms. The summed E-state index contributed by atoms with van der Waals surface area (Å²) in [6.07, 6.45) is 1.42. The molecule has 0 N–H and O–H groups in total. The van der Waals surface area contributed by atoms with Crippen LogP contribution in [0.3, 0.4) is 0 Å². The van der Waals surface area contributed by atoms with E-state index >= 15 is 0 Å². The Morgan fingerprint density at radius 3 is 2.82 bits per heavy atom. The molecule has 0 aliphatic carbocycles. The second kappa shape index (κ2) is 10.1. The summed E-state index contributed by atoms with van der Waals surface area (Å²) in [5, 5.41) is 5.80. The van der Waals surface area contributed by atoms with Crippen molar-refractivity contribution in [2.45, 2.75) is 58.6 Å². The molecule has 8 heteroatoms. The van der Waals surface area contributed by atoms with Gasteiger partial charge in [-0.25, -0.2) is 9.67 Å². The Kier molecular flexibility index (Phi) is 7.25. The molecule has 0 saturated carbocycles. The smallest absolute Gasteiger partial charge is 0.181 e. The van der Waals surface area contributed by atoms with Crippen molar-refractivity contribution in [2.75, 3.05) is 6.61 Å². The summed E-state index contributed by atoms with van der Waals surface area (Å²) >= 11 is 12.4. The molecule has 2 heterocycles. The SMILES string of the molecule is CCn1nc(-c2ccc(Cl)c(OC(C)C)c2)nc1CC(=O)C[C@H]1CCOc2ccc(Cl)cc21. The first-order chi connectivity index (χ1) is 15.8. The van der Waals surface area contributed by atoms with E-state index in [2.05, 4.69) is 10.1 Å². The van der Waals surface area contributed by atoms with Crippen LogP contribution in [-0.4, -0.2) is 33.3 Å². The first-order valence-electron chi connectivity index (χ1n) is 11.2. The van der Waals surface area contributed by atoms with Crippen LogP contribution in [0.15, 0.2) is 36.4 Å². The van der Waals surface area contributed by atoms with Gasteiger partial charge in [0.25, 0.3) is 0 Å². The van der Waals surface area contributed by atoms with Crippen LogP contribution in [0, 0.1) is 0 Å². The first kappa shape index (κ1) is 23.6. The number of aromatic nitrogens is 3. The van der Waals surface area contributed by atoms with Gasteiger partial charge >= 0.3 is 0 Å². The molecule has 1 aliphatic heterocycles. The summed E-state index contributed by atoms with van der Waals surface area (Å²) in [6, 6.07) is 11.1. The summed E-state index contributed by atoms with van der Waals surface area (Å²) in [5.74, 6) is 2.80. The monoisotopic (exact) mass is 487 g/mol. The molecular formula is C25H27Cl2N3O3. The largest absolute Gasteiger partial charge is 0.493 e. The average molecular weight is 488 g/mol. The van der Waals surface area contributed by atoms with Gasteiger partial charge in [-0.3, -0.25) is 4.79 Å². The van der Waals surface area contributed by atoms with Gasteiger partial charge in [0.15, 0.2) is 5.82 Å². The van der Waals surface area contributed by atoms with E-state index in [4.69, 9.17) is 32.7 Å². The third-order valence-electron chi connectivity index (χ3n) is 5.56. The van der Waals surface area contributed by atoms with Gasteiger partial charge in [0.2, 0.25) is 0 Å². The van der Waals surface area contributed by atoms with Gasteiger partial charge in [0, 0.05) is 23.6 Å². The zero-order valence-corrected chi connectivity index (χ0v) is 20.5. The van der Waals surface area contributed by atoms with E-state index in [1.807, 2.05) is 51.1 Å². The summed E-state index contributed by atoms with van der Waals surface area (Å²) in [4.78, 5) is 17.7. The van der Waals surface area contributed by atoms with E-state index in [9.17, 15) is 4.79 Å². The number of nitrogens with zero attached hydrogens (tertiary/aromatic N) is 3. The van der Waals surface area contributed by atoms with Gasteiger partial charge in [-0.15, -0.1) is 0 Å². The van der Waals surface area contributed by atoms with Gasteiger partial charge in [-0.2, -0.15) is 5.10 Å². The van der Waals surface area contributed by atoms with Crippen molar-refractivity contribution in [1.82, 2.24) is 14.8 Å². The van der Waals surface area contributed by atoms with Gasteiger partial charge < -0.3 is 9.47 Å². The van der Waals surface area contributed by atoms with Crippen LogP contribution in [-0.2, 0) is 17.8 Å². The molecule has 174 valence electrons. The lowest BCUT2D eigenvalue weighted by Crippen LogP contribution is -2.19. The fraction of sp³-hybridized carbons (Fsp3) is 0.400. The molecule has 1 aliphatic rings. The Balaban J connectivity index is 1.52. The zero-order valence-electron chi connectivity index (χ0n) is 19.0. The topological polar surface area (TPSA) is 66.2 Å². The lowest BCUT2D eigenvalue weighted by Gasteiger charge is -2.25. The summed E-state index contributed by atoms with van der Waals surface area (Å²) in [7, 11) is 0. The summed E-state index contributed by atoms with van der Waals surface area (Å²) in [6.45, 7) is 7.09. The van der Waals surface area contributed by atoms with Crippen LogP contribution in [0.25, 0.3) is 11.4 Å². The minimum Gasteiger partial charge on any atom is -0.493 e. The van der Waals surface area contributed by atoms with E-state index in [-0.39, 0.29) is 24.2 Å². The van der Waals surface area contributed by atoms with Crippen molar-refractivity contribution in [3.05, 3.63) is 57.8 Å². The number of benzene rings is 2. The van der Waals surface area contributed by atoms with Crippen molar-refractivity contribution in [1.29, 1.82) is 0 Å². The van der Waals surface area contributed by atoms with Crippen molar-refractivity contribution < 1.29 is 14.3 Å². The van der Waals surface area contributed by atoms with Crippen LogP contribution in [0.1, 0.15) is 50.9 Å². The highest BCUT2D eigenvalue weighted by Crippen LogP contribution is 2.37. The number of hydrogen-bond acceptors (Lipinski definition) is 5. The minimum atomic E-state index is -0.00251. The van der Waals surface area contributed by atoms with E-state index in [0.29, 0.717) is 47.0 Å². The quantitative estimate of drug-likeness (QED) is 0.382. The maximum absolute atomic E-state index is 13.0. The molecule has 0 amide bonds. The van der Waals surface area contributed by atoms with Crippen molar-refractivity contribution in [2.24, 2.45) is 0 Å². The molecule has 1 aromatic heterocycles. The van der Waals surface area contributed by atoms with Crippen LogP contribution in [0.4, 0.5) is 0 Å². The van der Waals surface area contributed by atoms with Crippen LogP contribution in [0.5, 0.6) is 11.5 Å². The Morgan fingerprint density at radius 2 is 2.06 bits per heavy atom. The van der Waals surface area contributed by atoms with E-state index < -0.39 is 0 Å². The maximum Gasteiger partial charge on any atom is 0.181 e. The molecule has 1 atom stereocenters. The van der Waals surface area contributed by atoms with Crippen LogP contribution < -0.4 is 9.47 Å². The first-order valence-corrected chi connectivity index (χ1v) is 11.9. The van der Waals surface area contributed by atoms with E-state index in [1.54, 1.807) is 10.7 Å². The van der Waals surface area contributed by atoms with Gasteiger partial charge in [-0.1, -0.05) is 23.2 Å². The molecular weight excluding hydrogens is 461 g/mol. The lowest BCUT2D eigenvalue weighted by molar-refractivity contribution is -0.119. The molecule has 0 unspecified atom stereocenters. The van der Waals surface area contributed by atoms with Crippen LogP contribution >= 0.6 is 23.2 Å². The number of carbonyl (C=O) groups is 1. The summed E-state index contributed by atoms with van der Waals surface area (Å²) in [5.41, 5.74) is 1.79. The Labute approximate surface area is 203 Å². The lowest BCUT2D eigenvalue weighted by atomic mass is 9.88. The standard InChI is InChI=1S/C25H27Cl2N3O3/c1-4-30-24(28-25(29-30)17-5-7-21(27)23(12-17)33-15(2)3)14-19(31)11-16-9-10-32-22-8-6-18(26)13-20(16)22/h5-8,12-13,15-16H,4,9-11,14H2,1-3H3/t16-/m1/s1. The molecule has 3 aromatic rings. The highest BCUT2D eigenvalue weighted by molar-refractivity contribution is 6.32. The molecule has 0 fully saturated rings. The number of fused-ring (bicyclic) bond motifs is 1.